The molecule has 2 unspecified atom stereocenters. The number of carboxylic acids is 1. The summed E-state index contributed by atoms with van der Waals surface area (Å²) >= 11 is 3.40. The first-order chi connectivity index (χ1) is 9.47. The Bertz CT molecular complexity index is 533. The van der Waals surface area contributed by atoms with E-state index in [2.05, 4.69) is 26.6 Å². The predicted molar refractivity (Wildman–Crippen MR) is 79.8 cm³/mol. The molecule has 1 fully saturated rings. The highest BCUT2D eigenvalue weighted by Crippen LogP contribution is 2.26. The molecule has 0 radical (unpaired) electrons. The maximum Gasteiger partial charge on any atom is 0.319 e. The number of anilines is 1. The van der Waals surface area contributed by atoms with Gasteiger partial charge in [-0.2, -0.15) is 0 Å². The van der Waals surface area contributed by atoms with Crippen molar-refractivity contribution in [2.75, 3.05) is 5.32 Å². The zero-order valence-electron chi connectivity index (χ0n) is 11.1. The molecule has 0 heterocycles. The number of hydrogen-bond acceptors (Lipinski definition) is 2. The van der Waals surface area contributed by atoms with E-state index in [-0.39, 0.29) is 12.1 Å². The van der Waals surface area contributed by atoms with E-state index in [0.29, 0.717) is 18.5 Å². The highest BCUT2D eigenvalue weighted by Gasteiger charge is 2.33. The minimum Gasteiger partial charge on any atom is -0.481 e. The Morgan fingerprint density at radius 3 is 2.75 bits per heavy atom. The molecule has 2 rings (SSSR count). The number of nitrogens with one attached hydrogen (secondary N) is 2. The third kappa shape index (κ3) is 3.50. The molecule has 3 N–H and O–H groups in total. The fourth-order valence-electron chi connectivity index (χ4n) is 2.43. The van der Waals surface area contributed by atoms with Crippen molar-refractivity contribution in [3.05, 3.63) is 28.2 Å². The summed E-state index contributed by atoms with van der Waals surface area (Å²) in [5.74, 6) is -1.32. The fraction of sp³-hybridized carbons (Fsp3) is 0.429. The Morgan fingerprint density at radius 2 is 2.10 bits per heavy atom. The first-order valence-electron chi connectivity index (χ1n) is 6.54. The lowest BCUT2D eigenvalue weighted by Gasteiger charge is -2.18. The summed E-state index contributed by atoms with van der Waals surface area (Å²) in [5.41, 5.74) is 1.75. The van der Waals surface area contributed by atoms with Crippen molar-refractivity contribution in [2.24, 2.45) is 5.92 Å². The number of aliphatic carboxylic acids is 1. The number of aryl methyl sites for hydroxylation is 1. The summed E-state index contributed by atoms with van der Waals surface area (Å²) in [6.45, 7) is 1.96. The van der Waals surface area contributed by atoms with Crippen LogP contribution in [0.1, 0.15) is 24.8 Å². The molecule has 108 valence electrons. The molecule has 1 saturated carbocycles. The average Bonchev–Trinajstić information content (AvgIpc) is 2.82. The van der Waals surface area contributed by atoms with Crippen LogP contribution in [0.4, 0.5) is 10.5 Å². The Balaban J connectivity index is 1.95. The molecule has 2 amide bonds. The number of urea groups is 1. The van der Waals surface area contributed by atoms with Gasteiger partial charge in [0, 0.05) is 16.2 Å². The number of rotatable bonds is 3. The molecule has 1 aromatic rings. The van der Waals surface area contributed by atoms with E-state index >= 15 is 0 Å². The summed E-state index contributed by atoms with van der Waals surface area (Å²) in [7, 11) is 0. The number of carbonyl (C=O) groups excluding carboxylic acids is 1. The van der Waals surface area contributed by atoms with Crippen LogP contribution in [0.2, 0.25) is 0 Å². The zero-order chi connectivity index (χ0) is 14.7. The Morgan fingerprint density at radius 1 is 1.35 bits per heavy atom. The van der Waals surface area contributed by atoms with Crippen molar-refractivity contribution in [3.63, 3.8) is 0 Å². The van der Waals surface area contributed by atoms with Crippen LogP contribution in [0.25, 0.3) is 0 Å². The molecular weight excluding hydrogens is 324 g/mol. The van der Waals surface area contributed by atoms with E-state index in [9.17, 15) is 9.59 Å². The van der Waals surface area contributed by atoms with E-state index in [1.807, 2.05) is 25.1 Å². The SMILES string of the molecule is Cc1ccc(NC(=O)NC2CCCC2C(=O)O)cc1Br. The quantitative estimate of drug-likeness (QED) is 0.790. The highest BCUT2D eigenvalue weighted by molar-refractivity contribution is 9.10. The first kappa shape index (κ1) is 14.8. The van der Waals surface area contributed by atoms with Gasteiger partial charge in [-0.15, -0.1) is 0 Å². The van der Waals surface area contributed by atoms with Crippen LogP contribution in [0.5, 0.6) is 0 Å². The summed E-state index contributed by atoms with van der Waals surface area (Å²) in [5, 5.41) is 14.5. The Labute approximate surface area is 125 Å². The van der Waals surface area contributed by atoms with Crippen LogP contribution in [0, 0.1) is 12.8 Å². The smallest absolute Gasteiger partial charge is 0.319 e. The Hall–Kier alpha value is -1.56. The van der Waals surface area contributed by atoms with Crippen LogP contribution >= 0.6 is 15.9 Å². The number of halogens is 1. The molecule has 1 aliphatic carbocycles. The van der Waals surface area contributed by atoms with Gasteiger partial charge in [0.05, 0.1) is 5.92 Å². The van der Waals surface area contributed by atoms with E-state index in [0.717, 1.165) is 16.5 Å². The van der Waals surface area contributed by atoms with Gasteiger partial charge >= 0.3 is 12.0 Å². The van der Waals surface area contributed by atoms with Gasteiger partial charge in [0.1, 0.15) is 0 Å². The standard InChI is InChI=1S/C14H17BrN2O3/c1-8-5-6-9(7-11(8)15)16-14(20)17-12-4-2-3-10(12)13(18)19/h5-7,10,12H,2-4H2,1H3,(H,18,19)(H2,16,17,20). The minimum absolute atomic E-state index is 0.290. The topological polar surface area (TPSA) is 78.4 Å². The lowest BCUT2D eigenvalue weighted by atomic mass is 10.0. The van der Waals surface area contributed by atoms with E-state index < -0.39 is 11.9 Å². The van der Waals surface area contributed by atoms with Crippen LogP contribution in [-0.2, 0) is 4.79 Å². The maximum absolute atomic E-state index is 11.9. The molecule has 5 nitrogen and oxygen atoms in total. The summed E-state index contributed by atoms with van der Waals surface area (Å²) in [6.07, 6.45) is 2.16. The van der Waals surface area contributed by atoms with Crippen molar-refractivity contribution < 1.29 is 14.7 Å². The molecule has 1 aromatic carbocycles. The molecule has 20 heavy (non-hydrogen) atoms. The molecule has 0 bridgehead atoms. The lowest BCUT2D eigenvalue weighted by molar-refractivity contribution is -0.142. The van der Waals surface area contributed by atoms with Crippen molar-refractivity contribution in [1.82, 2.24) is 5.32 Å². The summed E-state index contributed by atoms with van der Waals surface area (Å²) < 4.78 is 0.916. The zero-order valence-corrected chi connectivity index (χ0v) is 12.7. The van der Waals surface area contributed by atoms with Gasteiger partial charge < -0.3 is 15.7 Å². The first-order valence-corrected chi connectivity index (χ1v) is 7.33. The molecule has 6 heteroatoms. The molecule has 1 aliphatic rings. The molecule has 0 aromatic heterocycles. The van der Waals surface area contributed by atoms with E-state index in [1.165, 1.54) is 0 Å². The summed E-state index contributed by atoms with van der Waals surface area (Å²) in [4.78, 5) is 23.0. The largest absolute Gasteiger partial charge is 0.481 e. The van der Waals surface area contributed by atoms with Gasteiger partial charge in [-0.25, -0.2) is 4.79 Å². The number of hydrogen-bond donors (Lipinski definition) is 3. The van der Waals surface area contributed by atoms with Gasteiger partial charge in [-0.1, -0.05) is 28.4 Å². The third-order valence-electron chi connectivity index (χ3n) is 3.58. The van der Waals surface area contributed by atoms with Crippen LogP contribution in [0.15, 0.2) is 22.7 Å². The Kier molecular flexibility index (Phi) is 4.65. The lowest BCUT2D eigenvalue weighted by Crippen LogP contribution is -2.42. The van der Waals surface area contributed by atoms with Gasteiger partial charge in [0.25, 0.3) is 0 Å². The molecule has 0 saturated heterocycles. The number of amides is 2. The second kappa shape index (κ2) is 6.26. The second-order valence-corrected chi connectivity index (χ2v) is 5.90. The van der Waals surface area contributed by atoms with Gasteiger partial charge in [0.2, 0.25) is 0 Å². The maximum atomic E-state index is 11.9. The third-order valence-corrected chi connectivity index (χ3v) is 4.43. The molecule has 0 spiro atoms. The fourth-order valence-corrected chi connectivity index (χ4v) is 2.81. The second-order valence-electron chi connectivity index (χ2n) is 5.04. The molecule has 0 aliphatic heterocycles. The monoisotopic (exact) mass is 340 g/mol. The van der Waals surface area contributed by atoms with Crippen LogP contribution in [0.3, 0.4) is 0 Å². The predicted octanol–water partition coefficient (Wildman–Crippen LogP) is 3.13. The van der Waals surface area contributed by atoms with Crippen molar-refractivity contribution >= 4 is 33.6 Å². The number of benzene rings is 1. The van der Waals surface area contributed by atoms with Crippen molar-refractivity contribution in [2.45, 2.75) is 32.2 Å². The van der Waals surface area contributed by atoms with Crippen molar-refractivity contribution in [3.8, 4) is 0 Å². The van der Waals surface area contributed by atoms with Gasteiger partial charge in [-0.05, 0) is 37.5 Å². The summed E-state index contributed by atoms with van der Waals surface area (Å²) in [6, 6.07) is 4.87. The average molecular weight is 341 g/mol. The minimum atomic E-state index is -0.842. The van der Waals surface area contributed by atoms with Crippen LogP contribution < -0.4 is 10.6 Å². The number of carbonyl (C=O) groups is 2. The van der Waals surface area contributed by atoms with Crippen molar-refractivity contribution in [1.29, 1.82) is 0 Å². The van der Waals surface area contributed by atoms with Gasteiger partial charge in [0.15, 0.2) is 0 Å². The molecular formula is C14H17BrN2O3. The normalized spacial score (nSPS) is 21.5. The highest BCUT2D eigenvalue weighted by atomic mass is 79.9. The van der Waals surface area contributed by atoms with E-state index in [4.69, 9.17) is 5.11 Å². The molecule has 2 atom stereocenters. The van der Waals surface area contributed by atoms with Gasteiger partial charge in [-0.3, -0.25) is 4.79 Å². The van der Waals surface area contributed by atoms with E-state index in [1.54, 1.807) is 0 Å². The van der Waals surface area contributed by atoms with Crippen LogP contribution in [-0.4, -0.2) is 23.1 Å². The number of carboxylic acid groups (broad SMARTS) is 1.